The van der Waals surface area contributed by atoms with E-state index < -0.39 is 43.2 Å². The van der Waals surface area contributed by atoms with Gasteiger partial charge in [0.2, 0.25) is 11.8 Å². The summed E-state index contributed by atoms with van der Waals surface area (Å²) in [6, 6.07) is 5.19. The van der Waals surface area contributed by atoms with Crippen LogP contribution < -0.4 is 11.1 Å². The highest BCUT2D eigenvalue weighted by molar-refractivity contribution is 9.10. The van der Waals surface area contributed by atoms with E-state index in [4.69, 9.17) is 5.73 Å². The largest absolute Gasteiger partial charge is 0.364 e. The fourth-order valence-corrected chi connectivity index (χ4v) is 4.05. The number of fused-ring (bicyclic) bond motifs is 1. The number of pyridine rings is 2. The summed E-state index contributed by atoms with van der Waals surface area (Å²) in [6.45, 7) is -1.52. The van der Waals surface area contributed by atoms with Crippen molar-refractivity contribution in [1.82, 2.24) is 24.6 Å². The Balaban J connectivity index is 1.57. The maximum absolute atomic E-state index is 14.2. The summed E-state index contributed by atoms with van der Waals surface area (Å²) in [5, 5.41) is 6.90. The van der Waals surface area contributed by atoms with Gasteiger partial charge in [0.05, 0.1) is 24.0 Å². The van der Waals surface area contributed by atoms with E-state index in [2.05, 4.69) is 36.3 Å². The lowest BCUT2D eigenvalue weighted by Gasteiger charge is -2.23. The second-order valence-corrected chi connectivity index (χ2v) is 8.24. The highest BCUT2D eigenvalue weighted by Gasteiger charge is 2.40. The van der Waals surface area contributed by atoms with Crippen LogP contribution in [0.1, 0.15) is 22.6 Å². The third-order valence-corrected chi connectivity index (χ3v) is 5.63. The Kier molecular flexibility index (Phi) is 6.31. The number of nitrogens with one attached hydrogen (secondary N) is 1. The molecule has 0 aliphatic carbocycles. The molecule has 0 unspecified atom stereocenters. The average Bonchev–Trinajstić information content (AvgIpc) is 3.34. The number of halogens is 3. The van der Waals surface area contributed by atoms with Crippen LogP contribution in [0.5, 0.6) is 0 Å². The monoisotopic (exact) mass is 521 g/mol. The molecule has 4 rings (SSSR count). The van der Waals surface area contributed by atoms with Gasteiger partial charge in [0.25, 0.3) is 5.91 Å². The van der Waals surface area contributed by atoms with Crippen molar-refractivity contribution >= 4 is 50.4 Å². The van der Waals surface area contributed by atoms with Gasteiger partial charge in [-0.1, -0.05) is 6.07 Å². The molecular weight excluding hydrogens is 504 g/mol. The first-order valence-electron chi connectivity index (χ1n) is 9.85. The van der Waals surface area contributed by atoms with Gasteiger partial charge in [0.1, 0.15) is 35.9 Å². The van der Waals surface area contributed by atoms with Crippen molar-refractivity contribution in [3.63, 3.8) is 0 Å². The highest BCUT2D eigenvalue weighted by Crippen LogP contribution is 2.24. The summed E-state index contributed by atoms with van der Waals surface area (Å²) in [6.07, 6.45) is -0.272. The van der Waals surface area contributed by atoms with Crippen LogP contribution in [0.25, 0.3) is 10.9 Å². The van der Waals surface area contributed by atoms with E-state index in [-0.39, 0.29) is 41.1 Å². The number of carbonyl (C=O) groups excluding carboxylic acids is 3. The lowest BCUT2D eigenvalue weighted by Crippen LogP contribution is -2.44. The van der Waals surface area contributed by atoms with Crippen molar-refractivity contribution in [3.8, 4) is 0 Å². The molecule has 3 aromatic heterocycles. The van der Waals surface area contributed by atoms with Gasteiger partial charge in [-0.15, -0.1) is 0 Å². The third-order valence-electron chi connectivity index (χ3n) is 5.19. The van der Waals surface area contributed by atoms with Gasteiger partial charge in [-0.2, -0.15) is 5.10 Å². The van der Waals surface area contributed by atoms with E-state index in [0.717, 1.165) is 4.90 Å². The molecule has 0 bridgehead atoms. The molecule has 33 heavy (non-hydrogen) atoms. The summed E-state index contributed by atoms with van der Waals surface area (Å²) >= 11 is 3.20. The Morgan fingerprint density at radius 2 is 2.09 bits per heavy atom. The minimum absolute atomic E-state index is 0.0774. The van der Waals surface area contributed by atoms with E-state index in [0.29, 0.717) is 4.60 Å². The molecule has 0 aromatic carbocycles. The summed E-state index contributed by atoms with van der Waals surface area (Å²) in [4.78, 5) is 46.7. The Hall–Kier alpha value is -3.48. The van der Waals surface area contributed by atoms with Crippen LogP contribution in [0.3, 0.4) is 0 Å². The normalized spacial score (nSPS) is 18.0. The molecule has 3 N–H and O–H groups in total. The van der Waals surface area contributed by atoms with Gasteiger partial charge in [0.15, 0.2) is 5.69 Å². The SMILES string of the molecule is NC(=O)c1nn(CC(=O)N2C[C@H](F)C[C@H]2C(=O)Nc2cccc(Br)n2)c2cnc(CF)cc12. The Bertz CT molecular complexity index is 1250. The maximum Gasteiger partial charge on any atom is 0.269 e. The smallest absolute Gasteiger partial charge is 0.269 e. The molecule has 4 heterocycles. The van der Waals surface area contributed by atoms with Gasteiger partial charge >= 0.3 is 0 Å². The van der Waals surface area contributed by atoms with Gasteiger partial charge in [-0.25, -0.2) is 13.8 Å². The Labute approximate surface area is 194 Å². The number of anilines is 1. The van der Waals surface area contributed by atoms with Crippen LogP contribution >= 0.6 is 15.9 Å². The first-order valence-corrected chi connectivity index (χ1v) is 10.6. The number of nitrogens with two attached hydrogens (primary N) is 1. The first kappa shape index (κ1) is 22.7. The molecule has 1 fully saturated rings. The molecular formula is C20H18BrF2N7O3. The maximum atomic E-state index is 14.2. The minimum Gasteiger partial charge on any atom is -0.364 e. The van der Waals surface area contributed by atoms with Crippen molar-refractivity contribution < 1.29 is 23.2 Å². The van der Waals surface area contributed by atoms with Gasteiger partial charge in [-0.05, 0) is 34.1 Å². The van der Waals surface area contributed by atoms with E-state index in [1.54, 1.807) is 18.2 Å². The summed E-state index contributed by atoms with van der Waals surface area (Å²) < 4.78 is 28.9. The lowest BCUT2D eigenvalue weighted by atomic mass is 10.2. The van der Waals surface area contributed by atoms with Crippen molar-refractivity contribution in [2.45, 2.75) is 31.9 Å². The van der Waals surface area contributed by atoms with Crippen LogP contribution in [-0.2, 0) is 22.8 Å². The van der Waals surface area contributed by atoms with E-state index in [1.165, 1.54) is 16.9 Å². The van der Waals surface area contributed by atoms with Crippen LogP contribution in [-0.4, -0.2) is 61.1 Å². The lowest BCUT2D eigenvalue weighted by molar-refractivity contribution is -0.137. The van der Waals surface area contributed by atoms with Crippen molar-refractivity contribution in [3.05, 3.63) is 46.5 Å². The number of rotatable bonds is 6. The number of alkyl halides is 2. The number of nitrogens with zero attached hydrogens (tertiary/aromatic N) is 5. The molecule has 1 aliphatic heterocycles. The van der Waals surface area contributed by atoms with Crippen LogP contribution in [0.15, 0.2) is 35.1 Å². The van der Waals surface area contributed by atoms with Crippen molar-refractivity contribution in [2.24, 2.45) is 5.73 Å². The molecule has 172 valence electrons. The number of aromatic nitrogens is 4. The molecule has 0 spiro atoms. The van der Waals surface area contributed by atoms with Gasteiger partial charge in [-0.3, -0.25) is 24.0 Å². The number of likely N-dealkylation sites (tertiary alicyclic amines) is 1. The van der Waals surface area contributed by atoms with E-state index in [1.807, 2.05) is 0 Å². The minimum atomic E-state index is -1.38. The zero-order chi connectivity index (χ0) is 23.7. The molecule has 13 heteroatoms. The van der Waals surface area contributed by atoms with Crippen molar-refractivity contribution in [1.29, 1.82) is 0 Å². The summed E-state index contributed by atoms with van der Waals surface area (Å²) in [7, 11) is 0. The van der Waals surface area contributed by atoms with Gasteiger partial charge < -0.3 is 16.0 Å². The summed E-state index contributed by atoms with van der Waals surface area (Å²) in [5.41, 5.74) is 5.58. The van der Waals surface area contributed by atoms with Crippen LogP contribution in [0, 0.1) is 0 Å². The molecule has 0 radical (unpaired) electrons. The Morgan fingerprint density at radius 1 is 1.30 bits per heavy atom. The highest BCUT2D eigenvalue weighted by atomic mass is 79.9. The number of primary amides is 1. The standard InChI is InChI=1S/C20H18BrF2N7O3/c21-15-2-1-3-16(26-15)27-20(33)13-4-10(23)8-29(13)17(31)9-30-14-7-25-11(6-22)5-12(14)18(28-30)19(24)32/h1-3,5,7,10,13H,4,6,8-9H2,(H2,24,32)(H,26,27,33)/t10-,13+/m1/s1. The average molecular weight is 522 g/mol. The molecule has 10 nitrogen and oxygen atoms in total. The molecule has 0 saturated carbocycles. The summed E-state index contributed by atoms with van der Waals surface area (Å²) in [5.74, 6) is -1.77. The van der Waals surface area contributed by atoms with Crippen LogP contribution in [0.4, 0.5) is 14.6 Å². The van der Waals surface area contributed by atoms with E-state index in [9.17, 15) is 23.2 Å². The third kappa shape index (κ3) is 4.67. The van der Waals surface area contributed by atoms with Crippen molar-refractivity contribution in [2.75, 3.05) is 11.9 Å². The molecule has 1 saturated heterocycles. The number of carbonyl (C=O) groups is 3. The van der Waals surface area contributed by atoms with Crippen LogP contribution in [0.2, 0.25) is 0 Å². The first-order chi connectivity index (χ1) is 15.8. The predicted octanol–water partition coefficient (Wildman–Crippen LogP) is 1.73. The number of hydrogen-bond acceptors (Lipinski definition) is 6. The van der Waals surface area contributed by atoms with Gasteiger partial charge in [0, 0.05) is 11.8 Å². The second-order valence-electron chi connectivity index (χ2n) is 7.43. The zero-order valence-corrected chi connectivity index (χ0v) is 18.6. The molecule has 2 atom stereocenters. The second kappa shape index (κ2) is 9.17. The van der Waals surface area contributed by atoms with E-state index >= 15 is 0 Å². The fraction of sp³-hybridized carbons (Fsp3) is 0.300. The molecule has 1 aliphatic rings. The fourth-order valence-electron chi connectivity index (χ4n) is 3.71. The predicted molar refractivity (Wildman–Crippen MR) is 116 cm³/mol. The number of hydrogen-bond donors (Lipinski definition) is 2. The Morgan fingerprint density at radius 3 is 2.79 bits per heavy atom. The molecule has 3 aromatic rings. The topological polar surface area (TPSA) is 136 Å². The quantitative estimate of drug-likeness (QED) is 0.474. The number of amides is 3. The zero-order valence-electron chi connectivity index (χ0n) is 17.0. The molecule has 3 amide bonds.